The molecule has 6 heteroatoms. The number of halogens is 1. The fraction of sp³-hybridized carbons (Fsp3) is 0.812. The number of Topliss-reactive ketones (excluding diaryl/α,β-unsaturated/α-hetero) is 1. The van der Waals surface area contributed by atoms with E-state index in [4.69, 9.17) is 21.1 Å². The molecule has 0 aromatic rings. The predicted molar refractivity (Wildman–Crippen MR) is 83.0 cm³/mol. The van der Waals surface area contributed by atoms with Crippen LogP contribution in [0.15, 0.2) is 11.6 Å². The number of carbonyl (C=O) groups excluding carboxylic acids is 1. The van der Waals surface area contributed by atoms with Gasteiger partial charge >= 0.3 is 0 Å². The van der Waals surface area contributed by atoms with Crippen molar-refractivity contribution in [3.05, 3.63) is 11.6 Å². The third-order valence-corrected chi connectivity index (χ3v) is 5.51. The van der Waals surface area contributed by atoms with Crippen molar-refractivity contribution in [2.75, 3.05) is 13.0 Å². The quantitative estimate of drug-likeness (QED) is 0.454. The molecule has 1 saturated heterocycles. The summed E-state index contributed by atoms with van der Waals surface area (Å²) in [5.41, 5.74) is -3.43. The second kappa shape index (κ2) is 5.87. The third kappa shape index (κ3) is 2.43. The molecule has 1 saturated carbocycles. The summed E-state index contributed by atoms with van der Waals surface area (Å²) in [4.78, 5) is 12.2. The fourth-order valence-corrected chi connectivity index (χ4v) is 3.87. The summed E-state index contributed by atoms with van der Waals surface area (Å²) in [6.45, 7) is 5.66. The van der Waals surface area contributed by atoms with Crippen LogP contribution in [0, 0.1) is 0 Å². The molecule has 2 fully saturated rings. The highest BCUT2D eigenvalue weighted by atomic mass is 35.5. The van der Waals surface area contributed by atoms with Gasteiger partial charge in [0.25, 0.3) is 0 Å². The number of ketones is 1. The SMILES string of the molecule is CO[C@@H]1C(=O)CC[C@](O)(CCl)[C@@]1(O)[C@]1(C)O[C@H]1CC=C(C)C. The number of carbonyl (C=O) groups is 1. The summed E-state index contributed by atoms with van der Waals surface area (Å²) < 4.78 is 11.0. The van der Waals surface area contributed by atoms with Gasteiger partial charge in [-0.05, 0) is 33.6 Å². The van der Waals surface area contributed by atoms with Gasteiger partial charge in [0.1, 0.15) is 17.3 Å². The lowest BCUT2D eigenvalue weighted by atomic mass is 9.63. The van der Waals surface area contributed by atoms with E-state index in [-0.39, 0.29) is 30.6 Å². The monoisotopic (exact) mass is 332 g/mol. The van der Waals surface area contributed by atoms with Crippen LogP contribution in [0.2, 0.25) is 0 Å². The van der Waals surface area contributed by atoms with Crippen LogP contribution in [0.1, 0.15) is 40.0 Å². The maximum atomic E-state index is 12.2. The first kappa shape index (κ1) is 17.9. The van der Waals surface area contributed by atoms with Gasteiger partial charge in [0.15, 0.2) is 11.4 Å². The van der Waals surface area contributed by atoms with Gasteiger partial charge in [0, 0.05) is 13.5 Å². The highest BCUT2D eigenvalue weighted by Crippen LogP contribution is 2.56. The summed E-state index contributed by atoms with van der Waals surface area (Å²) in [5, 5.41) is 22.2. The number of hydrogen-bond donors (Lipinski definition) is 2. The van der Waals surface area contributed by atoms with Crippen molar-refractivity contribution in [3.8, 4) is 0 Å². The number of hydrogen-bond acceptors (Lipinski definition) is 5. The molecule has 1 aliphatic carbocycles. The van der Waals surface area contributed by atoms with E-state index in [0.717, 1.165) is 5.57 Å². The van der Waals surface area contributed by atoms with Gasteiger partial charge in [0.2, 0.25) is 0 Å². The summed E-state index contributed by atoms with van der Waals surface area (Å²) in [5.74, 6) is -0.428. The van der Waals surface area contributed by atoms with Gasteiger partial charge in [-0.3, -0.25) is 4.79 Å². The van der Waals surface area contributed by atoms with Crippen LogP contribution in [-0.2, 0) is 14.3 Å². The molecule has 0 bridgehead atoms. The van der Waals surface area contributed by atoms with Crippen molar-refractivity contribution >= 4 is 17.4 Å². The van der Waals surface area contributed by atoms with E-state index < -0.39 is 22.9 Å². The Morgan fingerprint density at radius 3 is 2.64 bits per heavy atom. The normalized spacial score (nSPS) is 44.8. The summed E-state index contributed by atoms with van der Waals surface area (Å²) in [6.07, 6.45) is 1.39. The second-order valence-corrected chi connectivity index (χ2v) is 7.01. The lowest BCUT2D eigenvalue weighted by Crippen LogP contribution is -2.74. The van der Waals surface area contributed by atoms with Crippen molar-refractivity contribution in [2.45, 2.75) is 69.0 Å². The molecule has 0 radical (unpaired) electrons. The number of epoxide rings is 1. The first-order valence-electron chi connectivity index (χ1n) is 7.53. The largest absolute Gasteiger partial charge is 0.385 e. The van der Waals surface area contributed by atoms with E-state index in [0.29, 0.717) is 6.42 Å². The molecule has 0 spiro atoms. The van der Waals surface area contributed by atoms with Crippen molar-refractivity contribution in [1.29, 1.82) is 0 Å². The van der Waals surface area contributed by atoms with Crippen molar-refractivity contribution in [3.63, 3.8) is 0 Å². The van der Waals surface area contributed by atoms with Gasteiger partial charge in [-0.25, -0.2) is 0 Å². The molecule has 1 aliphatic heterocycles. The molecular formula is C16H25ClO5. The molecule has 2 rings (SSSR count). The molecule has 0 aromatic heterocycles. The van der Waals surface area contributed by atoms with E-state index in [1.807, 2.05) is 19.9 Å². The molecule has 5 atom stereocenters. The average molecular weight is 333 g/mol. The molecular weight excluding hydrogens is 308 g/mol. The minimum Gasteiger partial charge on any atom is -0.385 e. The molecule has 2 aliphatic rings. The third-order valence-electron chi connectivity index (χ3n) is 5.06. The first-order valence-corrected chi connectivity index (χ1v) is 8.07. The number of ether oxygens (including phenoxy) is 2. The fourth-order valence-electron chi connectivity index (χ4n) is 3.53. The number of allylic oxidation sites excluding steroid dienone is 1. The zero-order valence-electron chi connectivity index (χ0n) is 13.6. The number of alkyl halides is 1. The molecule has 126 valence electrons. The Morgan fingerprint density at radius 1 is 1.50 bits per heavy atom. The van der Waals surface area contributed by atoms with Crippen molar-refractivity contribution < 1.29 is 24.5 Å². The lowest BCUT2D eigenvalue weighted by molar-refractivity contribution is -0.240. The Hall–Kier alpha value is -0.460. The highest BCUT2D eigenvalue weighted by Gasteiger charge is 2.76. The molecule has 0 amide bonds. The zero-order chi connectivity index (χ0) is 16.8. The van der Waals surface area contributed by atoms with Crippen LogP contribution in [0.5, 0.6) is 0 Å². The van der Waals surface area contributed by atoms with Gasteiger partial charge in [0.05, 0.1) is 12.0 Å². The Bertz CT molecular complexity index is 489. The minimum absolute atomic E-state index is 0.0972. The molecule has 2 N–H and O–H groups in total. The van der Waals surface area contributed by atoms with E-state index in [2.05, 4.69) is 0 Å². The summed E-state index contributed by atoms with van der Waals surface area (Å²) in [6, 6.07) is 0. The Kier molecular flexibility index (Phi) is 4.78. The molecule has 0 unspecified atom stereocenters. The van der Waals surface area contributed by atoms with Crippen LogP contribution in [0.3, 0.4) is 0 Å². The van der Waals surface area contributed by atoms with Crippen molar-refractivity contribution in [2.24, 2.45) is 0 Å². The molecule has 5 nitrogen and oxygen atoms in total. The van der Waals surface area contributed by atoms with Crippen LogP contribution >= 0.6 is 11.6 Å². The summed E-state index contributed by atoms with van der Waals surface area (Å²) >= 11 is 5.94. The molecule has 0 aromatic carbocycles. The topological polar surface area (TPSA) is 79.3 Å². The van der Waals surface area contributed by atoms with Crippen LogP contribution in [0.4, 0.5) is 0 Å². The first-order chi connectivity index (χ1) is 10.2. The van der Waals surface area contributed by atoms with E-state index in [1.165, 1.54) is 7.11 Å². The highest BCUT2D eigenvalue weighted by molar-refractivity contribution is 6.18. The predicted octanol–water partition coefficient (Wildman–Crippen LogP) is 1.58. The summed E-state index contributed by atoms with van der Waals surface area (Å²) in [7, 11) is 1.35. The maximum absolute atomic E-state index is 12.2. The Morgan fingerprint density at radius 2 is 2.14 bits per heavy atom. The standard InChI is InChI=1S/C16H25ClO5/c1-10(2)5-6-12-14(3,22-12)16(20)13(21-4)11(18)7-8-15(16,19)9-17/h5,12-13,19-20H,6-9H2,1-4H3/t12-,13+,14+,15-,16-/m0/s1. The van der Waals surface area contributed by atoms with Gasteiger partial charge in [-0.15, -0.1) is 11.6 Å². The van der Waals surface area contributed by atoms with Gasteiger partial charge < -0.3 is 19.7 Å². The number of rotatable bonds is 5. The zero-order valence-corrected chi connectivity index (χ0v) is 14.3. The van der Waals surface area contributed by atoms with Gasteiger partial charge in [-0.1, -0.05) is 11.6 Å². The van der Waals surface area contributed by atoms with E-state index >= 15 is 0 Å². The number of aliphatic hydroxyl groups is 2. The number of methoxy groups -OCH3 is 1. The van der Waals surface area contributed by atoms with E-state index in [9.17, 15) is 15.0 Å². The Balaban J connectivity index is 2.38. The average Bonchev–Trinajstić information content (AvgIpc) is 3.14. The second-order valence-electron chi connectivity index (χ2n) is 6.74. The minimum atomic E-state index is -1.87. The van der Waals surface area contributed by atoms with Crippen LogP contribution < -0.4 is 0 Å². The lowest BCUT2D eigenvalue weighted by Gasteiger charge is -2.51. The smallest absolute Gasteiger partial charge is 0.164 e. The van der Waals surface area contributed by atoms with Crippen LogP contribution in [-0.4, -0.2) is 58.0 Å². The Labute approximate surface area is 136 Å². The molecule has 1 heterocycles. The van der Waals surface area contributed by atoms with Crippen LogP contribution in [0.25, 0.3) is 0 Å². The maximum Gasteiger partial charge on any atom is 0.164 e. The van der Waals surface area contributed by atoms with Crippen molar-refractivity contribution in [1.82, 2.24) is 0 Å². The van der Waals surface area contributed by atoms with Gasteiger partial charge in [-0.2, -0.15) is 0 Å². The van der Waals surface area contributed by atoms with E-state index in [1.54, 1.807) is 6.92 Å². The molecule has 22 heavy (non-hydrogen) atoms.